The molecule has 7 nitrogen and oxygen atoms in total. The van der Waals surface area contributed by atoms with Gasteiger partial charge in [0.1, 0.15) is 11.6 Å². The lowest BCUT2D eigenvalue weighted by Gasteiger charge is -2.37. The molecule has 33 heavy (non-hydrogen) atoms. The Labute approximate surface area is 198 Å². The lowest BCUT2D eigenvalue weighted by Crippen LogP contribution is -2.46. The van der Waals surface area contributed by atoms with Gasteiger partial charge in [0.25, 0.3) is 0 Å². The minimum Gasteiger partial charge on any atom is -0.392 e. The van der Waals surface area contributed by atoms with Crippen molar-refractivity contribution < 1.29 is 22.7 Å². The van der Waals surface area contributed by atoms with E-state index in [0.29, 0.717) is 48.0 Å². The summed E-state index contributed by atoms with van der Waals surface area (Å²) in [5.74, 6) is -0.174. The number of piperidine rings is 1. The quantitative estimate of drug-likeness (QED) is 0.662. The summed E-state index contributed by atoms with van der Waals surface area (Å²) in [6, 6.07) is 5.73. The third-order valence-electron chi connectivity index (χ3n) is 6.54. The van der Waals surface area contributed by atoms with Gasteiger partial charge in [-0.05, 0) is 55.0 Å². The van der Waals surface area contributed by atoms with Gasteiger partial charge < -0.3 is 14.9 Å². The Hall–Kier alpha value is -2.23. The van der Waals surface area contributed by atoms with Crippen molar-refractivity contribution in [3.05, 3.63) is 52.4 Å². The maximum absolute atomic E-state index is 14.5. The third-order valence-corrected chi connectivity index (χ3v) is 7.92. The van der Waals surface area contributed by atoms with Crippen LogP contribution in [0.15, 0.2) is 35.4 Å². The summed E-state index contributed by atoms with van der Waals surface area (Å²) in [6.07, 6.45) is 5.15. The van der Waals surface area contributed by atoms with Crippen molar-refractivity contribution in [2.75, 3.05) is 30.8 Å². The molecule has 0 saturated carbocycles. The number of carbonyl (C=O) groups is 1. The van der Waals surface area contributed by atoms with Crippen molar-refractivity contribution in [3.8, 4) is 0 Å². The van der Waals surface area contributed by atoms with Crippen molar-refractivity contribution in [2.24, 2.45) is 5.92 Å². The standard InChI is InChI=1S/C23H27ClFN3O4S/c1-33(31,32)19-3-2-16(21(25)12-19)11-17-4-9-28(23(17)30)18-5-7-27(8-6-18)22-20(24)10-15(14-29)13-26-22/h2-3,10,12-13,17-18,29H,4-9,11,14H2,1H3/t17-/m1/s1. The van der Waals surface area contributed by atoms with Crippen LogP contribution in [-0.2, 0) is 27.7 Å². The lowest BCUT2D eigenvalue weighted by molar-refractivity contribution is -0.133. The molecular formula is C23H27ClFN3O4S. The van der Waals surface area contributed by atoms with E-state index in [-0.39, 0.29) is 35.8 Å². The molecule has 4 rings (SSSR count). The maximum atomic E-state index is 14.5. The van der Waals surface area contributed by atoms with E-state index in [2.05, 4.69) is 9.88 Å². The van der Waals surface area contributed by atoms with Crippen molar-refractivity contribution >= 4 is 33.2 Å². The second-order valence-corrected chi connectivity index (χ2v) is 11.2. The fourth-order valence-corrected chi connectivity index (χ4v) is 5.62. The molecule has 0 aliphatic carbocycles. The molecule has 0 radical (unpaired) electrons. The number of anilines is 1. The molecule has 2 aliphatic heterocycles. The molecule has 10 heteroatoms. The van der Waals surface area contributed by atoms with Crippen LogP contribution in [0.5, 0.6) is 0 Å². The predicted molar refractivity (Wildman–Crippen MR) is 123 cm³/mol. The van der Waals surface area contributed by atoms with E-state index in [9.17, 15) is 22.7 Å². The second kappa shape index (κ2) is 9.56. The van der Waals surface area contributed by atoms with Crippen molar-refractivity contribution in [3.63, 3.8) is 0 Å². The van der Waals surface area contributed by atoms with Gasteiger partial charge in [-0.1, -0.05) is 17.7 Å². The Morgan fingerprint density at radius 1 is 1.18 bits per heavy atom. The summed E-state index contributed by atoms with van der Waals surface area (Å²) in [5.41, 5.74) is 1.03. The second-order valence-electron chi connectivity index (χ2n) is 8.77. The number of likely N-dealkylation sites (tertiary alicyclic amines) is 1. The van der Waals surface area contributed by atoms with E-state index in [1.807, 2.05) is 4.90 Å². The van der Waals surface area contributed by atoms with E-state index in [1.54, 1.807) is 12.3 Å². The largest absolute Gasteiger partial charge is 0.392 e. The fraction of sp³-hybridized carbons (Fsp3) is 0.478. The van der Waals surface area contributed by atoms with E-state index < -0.39 is 15.7 Å². The first-order chi connectivity index (χ1) is 15.7. The predicted octanol–water partition coefficient (Wildman–Crippen LogP) is 2.83. The average molecular weight is 496 g/mol. The first-order valence-corrected chi connectivity index (χ1v) is 13.2. The monoisotopic (exact) mass is 495 g/mol. The number of benzene rings is 1. The van der Waals surface area contributed by atoms with Gasteiger partial charge in [0.2, 0.25) is 5.91 Å². The molecule has 0 unspecified atom stereocenters. The number of halogens is 2. The Bertz CT molecular complexity index is 1150. The van der Waals surface area contributed by atoms with Crippen LogP contribution in [0.25, 0.3) is 0 Å². The highest BCUT2D eigenvalue weighted by molar-refractivity contribution is 7.90. The normalized spacial score (nSPS) is 20.0. The van der Waals surface area contributed by atoms with Crippen LogP contribution in [-0.4, -0.2) is 61.2 Å². The molecule has 2 saturated heterocycles. The minimum absolute atomic E-state index is 0.0310. The number of aliphatic hydroxyl groups is 1. The van der Waals surface area contributed by atoms with E-state index >= 15 is 0 Å². The molecule has 178 valence electrons. The molecule has 0 bridgehead atoms. The first kappa shape index (κ1) is 23.9. The molecule has 1 N–H and O–H groups in total. The highest BCUT2D eigenvalue weighted by atomic mass is 35.5. The summed E-state index contributed by atoms with van der Waals surface area (Å²) < 4.78 is 37.7. The van der Waals surface area contributed by atoms with Crippen LogP contribution >= 0.6 is 11.6 Å². The number of carbonyl (C=O) groups excluding carboxylic acids is 1. The van der Waals surface area contributed by atoms with Gasteiger partial charge >= 0.3 is 0 Å². The summed E-state index contributed by atoms with van der Waals surface area (Å²) in [6.45, 7) is 1.96. The van der Waals surface area contributed by atoms with E-state index in [0.717, 1.165) is 25.2 Å². The number of sulfone groups is 1. The van der Waals surface area contributed by atoms with Crippen LogP contribution in [0.3, 0.4) is 0 Å². The fourth-order valence-electron chi connectivity index (χ4n) is 4.68. The van der Waals surface area contributed by atoms with Gasteiger partial charge in [0.05, 0.1) is 16.5 Å². The van der Waals surface area contributed by atoms with Crippen LogP contribution in [0.2, 0.25) is 5.02 Å². The van der Waals surface area contributed by atoms with Crippen LogP contribution in [0.1, 0.15) is 30.4 Å². The molecule has 2 aliphatic rings. The Kier molecular flexibility index (Phi) is 6.93. The van der Waals surface area contributed by atoms with Gasteiger partial charge in [0, 0.05) is 44.0 Å². The summed E-state index contributed by atoms with van der Waals surface area (Å²) >= 11 is 6.33. The molecule has 1 aromatic heterocycles. The van der Waals surface area contributed by atoms with Gasteiger partial charge in [-0.15, -0.1) is 0 Å². The molecule has 2 aromatic rings. The van der Waals surface area contributed by atoms with Gasteiger partial charge in [-0.3, -0.25) is 4.79 Å². The molecule has 2 fully saturated rings. The number of pyridine rings is 1. The van der Waals surface area contributed by atoms with Crippen LogP contribution in [0.4, 0.5) is 10.2 Å². The number of rotatable bonds is 6. The summed E-state index contributed by atoms with van der Waals surface area (Å²) in [5, 5.41) is 9.72. The van der Waals surface area contributed by atoms with Crippen molar-refractivity contribution in [1.82, 2.24) is 9.88 Å². The number of amides is 1. The molecular weight excluding hydrogens is 469 g/mol. The Morgan fingerprint density at radius 2 is 1.91 bits per heavy atom. The Morgan fingerprint density at radius 3 is 2.52 bits per heavy atom. The first-order valence-electron chi connectivity index (χ1n) is 11.0. The summed E-state index contributed by atoms with van der Waals surface area (Å²) in [4.78, 5) is 21.4. The zero-order chi connectivity index (χ0) is 23.8. The number of aromatic nitrogens is 1. The number of hydrogen-bond acceptors (Lipinski definition) is 6. The number of hydrogen-bond donors (Lipinski definition) is 1. The highest BCUT2D eigenvalue weighted by Crippen LogP contribution is 2.32. The van der Waals surface area contributed by atoms with Crippen molar-refractivity contribution in [2.45, 2.75) is 43.2 Å². The van der Waals surface area contributed by atoms with Crippen molar-refractivity contribution in [1.29, 1.82) is 0 Å². The van der Waals surface area contributed by atoms with Crippen LogP contribution < -0.4 is 4.90 Å². The lowest BCUT2D eigenvalue weighted by atomic mass is 9.97. The molecule has 1 amide bonds. The molecule has 3 heterocycles. The van der Waals surface area contributed by atoms with Gasteiger partial charge in [-0.25, -0.2) is 17.8 Å². The topological polar surface area (TPSA) is 90.8 Å². The maximum Gasteiger partial charge on any atom is 0.226 e. The number of aliphatic hydroxyl groups excluding tert-OH is 1. The van der Waals surface area contributed by atoms with E-state index in [1.165, 1.54) is 12.1 Å². The molecule has 1 aromatic carbocycles. The minimum atomic E-state index is -3.48. The van der Waals surface area contributed by atoms with Gasteiger partial charge in [-0.2, -0.15) is 0 Å². The number of nitrogens with zero attached hydrogens (tertiary/aromatic N) is 3. The molecule has 1 atom stereocenters. The zero-order valence-corrected chi connectivity index (χ0v) is 19.9. The zero-order valence-electron chi connectivity index (χ0n) is 18.4. The van der Waals surface area contributed by atoms with Gasteiger partial charge in [0.15, 0.2) is 9.84 Å². The SMILES string of the molecule is CS(=O)(=O)c1ccc(C[C@H]2CCN(C3CCN(c4ncc(CO)cc4Cl)CC3)C2=O)c(F)c1. The third kappa shape index (κ3) is 5.15. The smallest absolute Gasteiger partial charge is 0.226 e. The highest BCUT2D eigenvalue weighted by Gasteiger charge is 2.37. The average Bonchev–Trinajstić information content (AvgIpc) is 3.14. The van der Waals surface area contributed by atoms with Crippen LogP contribution in [0, 0.1) is 11.7 Å². The molecule has 0 spiro atoms. The Balaban J connectivity index is 1.36. The summed E-state index contributed by atoms with van der Waals surface area (Å²) in [7, 11) is -3.48. The van der Waals surface area contributed by atoms with E-state index in [4.69, 9.17) is 11.6 Å².